The number of hydrogen-bond donors (Lipinski definition) is 1. The van der Waals surface area contributed by atoms with Gasteiger partial charge in [-0.05, 0) is 32.4 Å². The Kier molecular flexibility index (Phi) is 7.15. The molecule has 1 aromatic rings. The van der Waals surface area contributed by atoms with E-state index in [9.17, 15) is 9.59 Å². The van der Waals surface area contributed by atoms with Crippen LogP contribution >= 0.6 is 0 Å². The average Bonchev–Trinajstić information content (AvgIpc) is 2.51. The highest BCUT2D eigenvalue weighted by Gasteiger charge is 2.22. The van der Waals surface area contributed by atoms with Crippen LogP contribution < -0.4 is 5.43 Å². The van der Waals surface area contributed by atoms with Crippen LogP contribution in [0.15, 0.2) is 35.4 Å². The maximum atomic E-state index is 11.9. The van der Waals surface area contributed by atoms with E-state index in [1.807, 2.05) is 13.0 Å². The SMILES string of the molecule is CCC[C@@H](C(=O)OCC)/C(C)=N\NC(=O)c1ccccc1. The van der Waals surface area contributed by atoms with Crippen molar-refractivity contribution in [1.82, 2.24) is 5.43 Å². The number of hydrazone groups is 1. The van der Waals surface area contributed by atoms with E-state index in [0.29, 0.717) is 24.3 Å². The minimum Gasteiger partial charge on any atom is -0.465 e. The van der Waals surface area contributed by atoms with Gasteiger partial charge in [0.25, 0.3) is 5.91 Å². The lowest BCUT2D eigenvalue weighted by atomic mass is 9.99. The zero-order valence-corrected chi connectivity index (χ0v) is 12.8. The van der Waals surface area contributed by atoms with Gasteiger partial charge in [0.15, 0.2) is 0 Å². The van der Waals surface area contributed by atoms with Crippen LogP contribution in [0.2, 0.25) is 0 Å². The molecule has 0 unspecified atom stereocenters. The van der Waals surface area contributed by atoms with E-state index < -0.39 is 5.92 Å². The number of benzene rings is 1. The monoisotopic (exact) mass is 290 g/mol. The molecule has 21 heavy (non-hydrogen) atoms. The molecule has 0 saturated carbocycles. The van der Waals surface area contributed by atoms with Gasteiger partial charge in [0, 0.05) is 11.3 Å². The van der Waals surface area contributed by atoms with Crippen LogP contribution in [-0.4, -0.2) is 24.2 Å². The Balaban J connectivity index is 2.72. The van der Waals surface area contributed by atoms with E-state index in [1.54, 1.807) is 38.1 Å². The highest BCUT2D eigenvalue weighted by molar-refractivity contribution is 6.02. The molecule has 5 heteroatoms. The molecule has 1 amide bonds. The van der Waals surface area contributed by atoms with Gasteiger partial charge >= 0.3 is 5.97 Å². The first-order chi connectivity index (χ1) is 10.1. The van der Waals surface area contributed by atoms with Crippen LogP contribution in [0.3, 0.4) is 0 Å². The van der Waals surface area contributed by atoms with Gasteiger partial charge in [-0.2, -0.15) is 5.10 Å². The lowest BCUT2D eigenvalue weighted by molar-refractivity contribution is -0.145. The number of rotatable bonds is 7. The van der Waals surface area contributed by atoms with E-state index >= 15 is 0 Å². The third-order valence-electron chi connectivity index (χ3n) is 3.02. The molecular formula is C16H22N2O3. The summed E-state index contributed by atoms with van der Waals surface area (Å²) in [5.74, 6) is -1.00. The summed E-state index contributed by atoms with van der Waals surface area (Å²) in [5.41, 5.74) is 3.56. The molecule has 5 nitrogen and oxygen atoms in total. The molecule has 1 N–H and O–H groups in total. The molecule has 0 heterocycles. The Morgan fingerprint density at radius 1 is 1.24 bits per heavy atom. The third kappa shape index (κ3) is 5.38. The second-order valence-corrected chi connectivity index (χ2v) is 4.65. The minimum atomic E-state index is -0.411. The van der Waals surface area contributed by atoms with E-state index in [2.05, 4.69) is 10.5 Å². The van der Waals surface area contributed by atoms with Crippen LogP contribution in [0.25, 0.3) is 0 Å². The molecule has 1 rings (SSSR count). The third-order valence-corrected chi connectivity index (χ3v) is 3.02. The van der Waals surface area contributed by atoms with E-state index in [1.165, 1.54) is 0 Å². The number of esters is 1. The van der Waals surface area contributed by atoms with Gasteiger partial charge < -0.3 is 4.74 Å². The first kappa shape index (κ1) is 16.9. The van der Waals surface area contributed by atoms with Gasteiger partial charge in [0.2, 0.25) is 0 Å². The summed E-state index contributed by atoms with van der Waals surface area (Å²) in [6.45, 7) is 5.82. The number of amides is 1. The fourth-order valence-corrected chi connectivity index (χ4v) is 1.90. The quantitative estimate of drug-likeness (QED) is 0.477. The molecule has 114 valence electrons. The number of carbonyl (C=O) groups is 2. The molecule has 0 aliphatic heterocycles. The van der Waals surface area contributed by atoms with Gasteiger partial charge in [0.1, 0.15) is 0 Å². The molecule has 0 radical (unpaired) electrons. The van der Waals surface area contributed by atoms with Crippen molar-refractivity contribution in [2.45, 2.75) is 33.6 Å². The molecule has 0 fully saturated rings. The maximum Gasteiger partial charge on any atom is 0.314 e. The van der Waals surface area contributed by atoms with Crippen molar-refractivity contribution in [2.24, 2.45) is 11.0 Å². The van der Waals surface area contributed by atoms with Gasteiger partial charge in [0.05, 0.1) is 12.5 Å². The second kappa shape index (κ2) is 8.89. The molecule has 0 aliphatic carbocycles. The summed E-state index contributed by atoms with van der Waals surface area (Å²) in [7, 11) is 0. The number of carbonyl (C=O) groups excluding carboxylic acids is 2. The summed E-state index contributed by atoms with van der Waals surface area (Å²) in [6.07, 6.45) is 1.48. The molecule has 0 bridgehead atoms. The number of ether oxygens (including phenoxy) is 1. The van der Waals surface area contributed by atoms with Gasteiger partial charge in [-0.15, -0.1) is 0 Å². The van der Waals surface area contributed by atoms with Gasteiger partial charge in [-0.25, -0.2) is 5.43 Å². The van der Waals surface area contributed by atoms with Crippen LogP contribution in [0.4, 0.5) is 0 Å². The summed E-state index contributed by atoms with van der Waals surface area (Å²) in [4.78, 5) is 23.8. The first-order valence-corrected chi connectivity index (χ1v) is 7.16. The van der Waals surface area contributed by atoms with E-state index in [4.69, 9.17) is 4.74 Å². The zero-order chi connectivity index (χ0) is 15.7. The Morgan fingerprint density at radius 2 is 1.90 bits per heavy atom. The smallest absolute Gasteiger partial charge is 0.314 e. The molecule has 0 saturated heterocycles. The number of nitrogens with one attached hydrogen (secondary N) is 1. The normalized spacial score (nSPS) is 12.6. The van der Waals surface area contributed by atoms with Crippen molar-refractivity contribution >= 4 is 17.6 Å². The van der Waals surface area contributed by atoms with Crippen molar-refractivity contribution in [1.29, 1.82) is 0 Å². The Bertz CT molecular complexity index is 498. The highest BCUT2D eigenvalue weighted by Crippen LogP contribution is 2.11. The summed E-state index contributed by atoms with van der Waals surface area (Å²) in [6, 6.07) is 8.81. The lowest BCUT2D eigenvalue weighted by Gasteiger charge is -2.14. The van der Waals surface area contributed by atoms with Crippen molar-refractivity contribution in [3.63, 3.8) is 0 Å². The summed E-state index contributed by atoms with van der Waals surface area (Å²) < 4.78 is 5.04. The van der Waals surface area contributed by atoms with Crippen molar-refractivity contribution < 1.29 is 14.3 Å². The topological polar surface area (TPSA) is 67.8 Å². The molecule has 1 atom stereocenters. The molecule has 1 aromatic carbocycles. The summed E-state index contributed by atoms with van der Waals surface area (Å²) in [5, 5.41) is 4.04. The van der Waals surface area contributed by atoms with Crippen molar-refractivity contribution in [3.8, 4) is 0 Å². The fourth-order valence-electron chi connectivity index (χ4n) is 1.90. The molecule has 0 aromatic heterocycles. The first-order valence-electron chi connectivity index (χ1n) is 7.16. The number of nitrogens with zero attached hydrogens (tertiary/aromatic N) is 1. The average molecular weight is 290 g/mol. The van der Waals surface area contributed by atoms with Crippen LogP contribution in [0, 0.1) is 5.92 Å². The Hall–Kier alpha value is -2.17. The van der Waals surface area contributed by atoms with Crippen molar-refractivity contribution in [3.05, 3.63) is 35.9 Å². The summed E-state index contributed by atoms with van der Waals surface area (Å²) >= 11 is 0. The Labute approximate surface area is 125 Å². The predicted molar refractivity (Wildman–Crippen MR) is 82.0 cm³/mol. The van der Waals surface area contributed by atoms with Crippen LogP contribution in [0.5, 0.6) is 0 Å². The van der Waals surface area contributed by atoms with Crippen molar-refractivity contribution in [2.75, 3.05) is 6.61 Å². The van der Waals surface area contributed by atoms with Gasteiger partial charge in [-0.1, -0.05) is 31.5 Å². The standard InChI is InChI=1S/C16H22N2O3/c1-4-9-14(16(20)21-5-2)12(3)17-18-15(19)13-10-7-6-8-11-13/h6-8,10-11,14H,4-5,9H2,1-3H3,(H,18,19)/b17-12-/t14-/m1/s1. The predicted octanol–water partition coefficient (Wildman–Crippen LogP) is 2.77. The zero-order valence-electron chi connectivity index (χ0n) is 12.8. The van der Waals surface area contributed by atoms with Gasteiger partial charge in [-0.3, -0.25) is 9.59 Å². The van der Waals surface area contributed by atoms with Crippen LogP contribution in [-0.2, 0) is 9.53 Å². The van der Waals surface area contributed by atoms with E-state index in [0.717, 1.165) is 6.42 Å². The lowest BCUT2D eigenvalue weighted by Crippen LogP contribution is -2.27. The second-order valence-electron chi connectivity index (χ2n) is 4.65. The number of hydrogen-bond acceptors (Lipinski definition) is 4. The Morgan fingerprint density at radius 3 is 2.48 bits per heavy atom. The van der Waals surface area contributed by atoms with E-state index in [-0.39, 0.29) is 11.9 Å². The largest absolute Gasteiger partial charge is 0.465 e. The fraction of sp³-hybridized carbons (Fsp3) is 0.438. The van der Waals surface area contributed by atoms with Crippen LogP contribution in [0.1, 0.15) is 44.0 Å². The highest BCUT2D eigenvalue weighted by atomic mass is 16.5. The molecule has 0 aliphatic rings. The molecule has 0 spiro atoms. The molecular weight excluding hydrogens is 268 g/mol. The maximum absolute atomic E-state index is 11.9. The minimum absolute atomic E-state index is 0.297.